The zero-order chi connectivity index (χ0) is 13.2. The van der Waals surface area contributed by atoms with Crippen LogP contribution in [-0.2, 0) is 9.47 Å². The van der Waals surface area contributed by atoms with E-state index in [0.29, 0.717) is 12.2 Å². The van der Waals surface area contributed by atoms with E-state index in [1.165, 1.54) is 32.1 Å². The molecule has 0 radical (unpaired) electrons. The van der Waals surface area contributed by atoms with E-state index in [2.05, 4.69) is 19.2 Å². The first kappa shape index (κ1) is 15.9. The van der Waals surface area contributed by atoms with Crippen molar-refractivity contribution in [2.24, 2.45) is 5.92 Å². The molecule has 18 heavy (non-hydrogen) atoms. The van der Waals surface area contributed by atoms with Gasteiger partial charge in [-0.05, 0) is 32.2 Å². The Hall–Kier alpha value is -0.120. The van der Waals surface area contributed by atoms with Crippen molar-refractivity contribution in [1.82, 2.24) is 5.32 Å². The van der Waals surface area contributed by atoms with Crippen LogP contribution in [0.15, 0.2) is 0 Å². The average Bonchev–Trinajstić information content (AvgIpc) is 2.82. The molecule has 0 amide bonds. The molecule has 0 bridgehead atoms. The summed E-state index contributed by atoms with van der Waals surface area (Å²) in [5.74, 6) is 0.736. The number of likely N-dealkylation sites (N-methyl/N-ethyl adjacent to an activating group) is 1. The summed E-state index contributed by atoms with van der Waals surface area (Å²) in [7, 11) is 1.98. The van der Waals surface area contributed by atoms with Crippen LogP contribution in [0.4, 0.5) is 0 Å². The fourth-order valence-electron chi connectivity index (χ4n) is 2.54. The molecule has 0 aromatic heterocycles. The maximum Gasteiger partial charge on any atom is 0.0813 e. The van der Waals surface area contributed by atoms with Gasteiger partial charge in [0.05, 0.1) is 18.8 Å². The number of unbranched alkanes of at least 4 members (excludes halogenated alkanes) is 1. The van der Waals surface area contributed by atoms with Gasteiger partial charge in [0.1, 0.15) is 0 Å². The third kappa shape index (κ3) is 6.17. The van der Waals surface area contributed by atoms with Gasteiger partial charge in [-0.1, -0.05) is 33.1 Å². The summed E-state index contributed by atoms with van der Waals surface area (Å²) in [5.41, 5.74) is 0. The van der Waals surface area contributed by atoms with Crippen molar-refractivity contribution in [3.8, 4) is 0 Å². The summed E-state index contributed by atoms with van der Waals surface area (Å²) in [6.07, 6.45) is 8.19. The van der Waals surface area contributed by atoms with Crippen LogP contribution in [0.5, 0.6) is 0 Å². The first-order chi connectivity index (χ1) is 8.80. The Morgan fingerprint density at radius 1 is 1.28 bits per heavy atom. The lowest BCUT2D eigenvalue weighted by Gasteiger charge is -2.17. The van der Waals surface area contributed by atoms with E-state index in [1.54, 1.807) is 0 Å². The predicted octanol–water partition coefficient (Wildman–Crippen LogP) is 2.99. The van der Waals surface area contributed by atoms with Crippen molar-refractivity contribution >= 4 is 0 Å². The van der Waals surface area contributed by atoms with Crippen molar-refractivity contribution < 1.29 is 9.47 Å². The number of ether oxygens (including phenoxy) is 2. The largest absolute Gasteiger partial charge is 0.378 e. The van der Waals surface area contributed by atoms with E-state index in [1.807, 2.05) is 7.05 Å². The molecule has 1 fully saturated rings. The molecular weight excluding hydrogens is 226 g/mol. The highest BCUT2D eigenvalue weighted by molar-refractivity contribution is 4.74. The Bertz CT molecular complexity index is 199. The van der Waals surface area contributed by atoms with Crippen LogP contribution in [0.1, 0.15) is 52.4 Å². The highest BCUT2D eigenvalue weighted by atomic mass is 16.5. The van der Waals surface area contributed by atoms with Crippen LogP contribution in [0.3, 0.4) is 0 Å². The molecule has 1 N–H and O–H groups in total. The summed E-state index contributed by atoms with van der Waals surface area (Å²) in [4.78, 5) is 0. The summed E-state index contributed by atoms with van der Waals surface area (Å²) < 4.78 is 11.8. The van der Waals surface area contributed by atoms with Crippen molar-refractivity contribution in [3.63, 3.8) is 0 Å². The van der Waals surface area contributed by atoms with E-state index in [9.17, 15) is 0 Å². The molecule has 3 atom stereocenters. The molecule has 0 spiro atoms. The molecular formula is C15H31NO2. The minimum Gasteiger partial charge on any atom is -0.378 e. The van der Waals surface area contributed by atoms with Gasteiger partial charge in [-0.2, -0.15) is 0 Å². The normalized spacial score (nSPS) is 25.5. The number of hydrogen-bond acceptors (Lipinski definition) is 3. The van der Waals surface area contributed by atoms with Crippen LogP contribution < -0.4 is 5.32 Å². The van der Waals surface area contributed by atoms with Crippen LogP contribution in [0, 0.1) is 5.92 Å². The minimum absolute atomic E-state index is 0.326. The second kappa shape index (κ2) is 9.76. The third-order valence-electron chi connectivity index (χ3n) is 3.83. The first-order valence-electron chi connectivity index (χ1n) is 7.67. The molecule has 0 aromatic rings. The van der Waals surface area contributed by atoms with Crippen molar-refractivity contribution in [1.29, 1.82) is 0 Å². The highest BCUT2D eigenvalue weighted by Crippen LogP contribution is 2.20. The fourth-order valence-corrected chi connectivity index (χ4v) is 2.54. The summed E-state index contributed by atoms with van der Waals surface area (Å²) >= 11 is 0. The Kier molecular flexibility index (Phi) is 8.64. The average molecular weight is 257 g/mol. The minimum atomic E-state index is 0.326. The van der Waals surface area contributed by atoms with E-state index in [-0.39, 0.29) is 0 Å². The molecule has 1 heterocycles. The lowest BCUT2D eigenvalue weighted by Crippen LogP contribution is -2.25. The maximum absolute atomic E-state index is 5.91. The summed E-state index contributed by atoms with van der Waals surface area (Å²) in [6, 6.07) is 0. The van der Waals surface area contributed by atoms with Crippen molar-refractivity contribution in [2.75, 3.05) is 26.8 Å². The van der Waals surface area contributed by atoms with E-state index >= 15 is 0 Å². The van der Waals surface area contributed by atoms with Gasteiger partial charge in [0.2, 0.25) is 0 Å². The number of nitrogens with one attached hydrogen (secondary N) is 1. The van der Waals surface area contributed by atoms with Gasteiger partial charge < -0.3 is 14.8 Å². The van der Waals surface area contributed by atoms with Crippen LogP contribution in [0.2, 0.25) is 0 Å². The van der Waals surface area contributed by atoms with Crippen LogP contribution >= 0.6 is 0 Å². The zero-order valence-electron chi connectivity index (χ0n) is 12.4. The van der Waals surface area contributed by atoms with Crippen molar-refractivity contribution in [2.45, 2.75) is 64.6 Å². The Balaban J connectivity index is 2.06. The zero-order valence-corrected chi connectivity index (χ0v) is 12.4. The van der Waals surface area contributed by atoms with Gasteiger partial charge in [-0.15, -0.1) is 0 Å². The van der Waals surface area contributed by atoms with Crippen LogP contribution in [-0.4, -0.2) is 39.0 Å². The molecule has 1 rings (SSSR count). The second-order valence-electron chi connectivity index (χ2n) is 5.47. The summed E-state index contributed by atoms with van der Waals surface area (Å²) in [5, 5.41) is 3.17. The Morgan fingerprint density at radius 2 is 2.06 bits per heavy atom. The number of hydrogen-bond donors (Lipinski definition) is 1. The van der Waals surface area contributed by atoms with Crippen LogP contribution in [0.25, 0.3) is 0 Å². The van der Waals surface area contributed by atoms with Gasteiger partial charge in [0.15, 0.2) is 0 Å². The van der Waals surface area contributed by atoms with E-state index in [0.717, 1.165) is 32.1 Å². The van der Waals surface area contributed by atoms with E-state index < -0.39 is 0 Å². The van der Waals surface area contributed by atoms with Gasteiger partial charge in [-0.25, -0.2) is 0 Å². The molecule has 3 unspecified atom stereocenters. The molecule has 0 aliphatic carbocycles. The molecule has 1 aliphatic heterocycles. The molecule has 1 aliphatic rings. The first-order valence-corrected chi connectivity index (χ1v) is 7.67. The van der Waals surface area contributed by atoms with Gasteiger partial charge in [-0.3, -0.25) is 0 Å². The lowest BCUT2D eigenvalue weighted by atomic mass is 10.0. The SMILES string of the molecule is CCCCC(CC)COCC1CCC(CNC)O1. The topological polar surface area (TPSA) is 30.5 Å². The second-order valence-corrected chi connectivity index (χ2v) is 5.47. The lowest BCUT2D eigenvalue weighted by molar-refractivity contribution is -0.0226. The molecule has 3 nitrogen and oxygen atoms in total. The van der Waals surface area contributed by atoms with Gasteiger partial charge in [0.25, 0.3) is 0 Å². The molecule has 0 saturated carbocycles. The monoisotopic (exact) mass is 257 g/mol. The van der Waals surface area contributed by atoms with Gasteiger partial charge >= 0.3 is 0 Å². The highest BCUT2D eigenvalue weighted by Gasteiger charge is 2.24. The molecule has 1 saturated heterocycles. The quantitative estimate of drug-likeness (QED) is 0.652. The van der Waals surface area contributed by atoms with Crippen molar-refractivity contribution in [3.05, 3.63) is 0 Å². The Labute approximate surface area is 113 Å². The fraction of sp³-hybridized carbons (Fsp3) is 1.00. The predicted molar refractivity (Wildman–Crippen MR) is 75.9 cm³/mol. The maximum atomic E-state index is 5.91. The Morgan fingerprint density at radius 3 is 2.72 bits per heavy atom. The van der Waals surface area contributed by atoms with Gasteiger partial charge in [0, 0.05) is 13.2 Å². The third-order valence-corrected chi connectivity index (χ3v) is 3.83. The summed E-state index contributed by atoms with van der Waals surface area (Å²) in [6.45, 7) is 7.17. The van der Waals surface area contributed by atoms with E-state index in [4.69, 9.17) is 9.47 Å². The smallest absolute Gasteiger partial charge is 0.0813 e. The standard InChI is InChI=1S/C15H31NO2/c1-4-6-7-13(5-2)11-17-12-15-9-8-14(18-15)10-16-3/h13-16H,4-12H2,1-3H3. The molecule has 0 aromatic carbocycles. The molecule has 3 heteroatoms. The number of rotatable bonds is 10. The molecule has 108 valence electrons.